The summed E-state index contributed by atoms with van der Waals surface area (Å²) in [6.07, 6.45) is 3.46. The third kappa shape index (κ3) is 1.71. The molecule has 0 aromatic rings. The highest BCUT2D eigenvalue weighted by molar-refractivity contribution is 7.10. The van der Waals surface area contributed by atoms with Gasteiger partial charge in [0.2, 0.25) is 0 Å². The highest BCUT2D eigenvalue weighted by atomic mass is 31.0. The summed E-state index contributed by atoms with van der Waals surface area (Å²) in [4.78, 5) is 4.68. The zero-order chi connectivity index (χ0) is 10.1. The quantitative estimate of drug-likeness (QED) is 0.707. The summed E-state index contributed by atoms with van der Waals surface area (Å²) in [6, 6.07) is 0. The molecule has 3 unspecified atom stereocenters. The van der Waals surface area contributed by atoms with Crippen molar-refractivity contribution in [3.63, 3.8) is 0 Å². The highest BCUT2D eigenvalue weighted by Crippen LogP contribution is 2.31. The van der Waals surface area contributed by atoms with E-state index < -0.39 is 0 Å². The Balaban J connectivity index is 2.26. The van der Waals surface area contributed by atoms with Crippen molar-refractivity contribution >= 4 is 15.2 Å². The normalized spacial score (nSPS) is 31.1. The highest BCUT2D eigenvalue weighted by Gasteiger charge is 2.33. The van der Waals surface area contributed by atoms with Gasteiger partial charge < -0.3 is 4.52 Å². The van der Waals surface area contributed by atoms with Gasteiger partial charge >= 0.3 is 0 Å². The first kappa shape index (κ1) is 10.1. The molecule has 0 radical (unpaired) electrons. The van der Waals surface area contributed by atoms with Crippen LogP contribution in [0.15, 0.2) is 16.8 Å². The van der Waals surface area contributed by atoms with E-state index in [9.17, 15) is 0 Å². The van der Waals surface area contributed by atoms with Crippen molar-refractivity contribution in [2.75, 3.05) is 6.54 Å². The Hall–Kier alpha value is -0.400. The van der Waals surface area contributed by atoms with Crippen molar-refractivity contribution < 1.29 is 4.52 Å². The Kier molecular flexibility index (Phi) is 2.89. The summed E-state index contributed by atoms with van der Waals surface area (Å²) >= 11 is 0. The van der Waals surface area contributed by atoms with E-state index in [4.69, 9.17) is 4.52 Å². The van der Waals surface area contributed by atoms with E-state index in [0.29, 0.717) is 11.8 Å². The maximum atomic E-state index is 5.34. The minimum atomic E-state index is 0.243. The Bertz CT molecular complexity index is 286. The molecular weight excluding hydrogens is 195 g/mol. The molecule has 1 saturated heterocycles. The lowest BCUT2D eigenvalue weighted by molar-refractivity contribution is 0.360. The Morgan fingerprint density at radius 2 is 2.43 bits per heavy atom. The second kappa shape index (κ2) is 4.00. The molecule has 0 amide bonds. The van der Waals surface area contributed by atoms with E-state index in [1.165, 1.54) is 0 Å². The lowest BCUT2D eigenvalue weighted by atomic mass is 9.96. The third-order valence-electron chi connectivity index (χ3n) is 2.86. The first-order chi connectivity index (χ1) is 6.72. The number of aliphatic imine (C=N–C) groups is 1. The van der Waals surface area contributed by atoms with Crippen molar-refractivity contribution in [3.8, 4) is 0 Å². The molecule has 0 aromatic carbocycles. The van der Waals surface area contributed by atoms with E-state index in [2.05, 4.69) is 39.7 Å². The van der Waals surface area contributed by atoms with Crippen LogP contribution in [0.2, 0.25) is 0 Å². The molecular formula is C10H17N2OP. The zero-order valence-corrected chi connectivity index (χ0v) is 9.81. The second-order valence-electron chi connectivity index (χ2n) is 4.17. The Morgan fingerprint density at radius 3 is 3.07 bits per heavy atom. The van der Waals surface area contributed by atoms with Gasteiger partial charge in [-0.05, 0) is 25.0 Å². The molecule has 0 aromatic heterocycles. The van der Waals surface area contributed by atoms with E-state index in [0.717, 1.165) is 24.4 Å². The van der Waals surface area contributed by atoms with Crippen LogP contribution in [0.1, 0.15) is 20.3 Å². The molecule has 2 aliphatic heterocycles. The van der Waals surface area contributed by atoms with E-state index in [-0.39, 0.29) is 6.17 Å². The molecule has 0 bridgehead atoms. The molecule has 4 heteroatoms. The minimum absolute atomic E-state index is 0.243. The van der Waals surface area contributed by atoms with Gasteiger partial charge in [-0.25, -0.2) is 0 Å². The van der Waals surface area contributed by atoms with Crippen LogP contribution >= 0.6 is 9.47 Å². The first-order valence-corrected chi connectivity index (χ1v) is 5.59. The molecule has 3 nitrogen and oxygen atoms in total. The van der Waals surface area contributed by atoms with Crippen molar-refractivity contribution in [2.24, 2.45) is 16.8 Å². The van der Waals surface area contributed by atoms with Gasteiger partial charge in [0.25, 0.3) is 0 Å². The maximum absolute atomic E-state index is 5.34. The summed E-state index contributed by atoms with van der Waals surface area (Å²) in [5, 5.41) is 3.39. The van der Waals surface area contributed by atoms with Crippen molar-refractivity contribution in [3.05, 3.63) is 11.8 Å². The average Bonchev–Trinajstić information content (AvgIpc) is 2.63. The van der Waals surface area contributed by atoms with Gasteiger partial charge in [0.05, 0.1) is 15.4 Å². The summed E-state index contributed by atoms with van der Waals surface area (Å²) in [6.45, 7) is 5.35. The smallest absolute Gasteiger partial charge is 0.110 e. The lowest BCUT2D eigenvalue weighted by Crippen LogP contribution is -2.31. The number of hydrogen-bond donors (Lipinski definition) is 1. The second-order valence-corrected chi connectivity index (χ2v) is 4.40. The lowest BCUT2D eigenvalue weighted by Gasteiger charge is -2.24. The van der Waals surface area contributed by atoms with Crippen LogP contribution in [-0.2, 0) is 4.52 Å². The van der Waals surface area contributed by atoms with Gasteiger partial charge in [-0.1, -0.05) is 13.8 Å². The number of nitrogens with zero attached hydrogens (tertiary/aromatic N) is 1. The van der Waals surface area contributed by atoms with Crippen molar-refractivity contribution in [2.45, 2.75) is 26.4 Å². The zero-order valence-electron chi connectivity index (χ0n) is 8.66. The van der Waals surface area contributed by atoms with Crippen LogP contribution in [0.4, 0.5) is 0 Å². The standard InChI is InChI=1S/C10H17N2OP/c1-6(2)8-5-9(13-14)7-3-4-11-10(7)12-8/h5-7,10-11H,3-4,14H2,1-2H3. The maximum Gasteiger partial charge on any atom is 0.110 e. The molecule has 14 heavy (non-hydrogen) atoms. The monoisotopic (exact) mass is 212 g/mol. The van der Waals surface area contributed by atoms with E-state index in [1.807, 2.05) is 0 Å². The average molecular weight is 212 g/mol. The number of dihydropyridines is 1. The molecule has 0 aliphatic carbocycles. The predicted molar refractivity (Wildman–Crippen MR) is 61.0 cm³/mol. The molecule has 78 valence electrons. The largest absolute Gasteiger partial charge is 0.484 e. The molecule has 2 rings (SSSR count). The molecule has 3 atom stereocenters. The third-order valence-corrected chi connectivity index (χ3v) is 3.13. The SMILES string of the molecule is CC(C)C1=NC2NCCC2C(OP)=C1. The molecule has 2 aliphatic rings. The molecule has 1 fully saturated rings. The molecule has 0 saturated carbocycles. The van der Waals surface area contributed by atoms with Crippen LogP contribution in [0.5, 0.6) is 0 Å². The molecule has 1 N–H and O–H groups in total. The fraction of sp³-hybridized carbons (Fsp3) is 0.700. The number of hydrogen-bond acceptors (Lipinski definition) is 3. The minimum Gasteiger partial charge on any atom is -0.484 e. The molecule has 2 heterocycles. The first-order valence-electron chi connectivity index (χ1n) is 5.11. The van der Waals surface area contributed by atoms with Crippen LogP contribution in [0.25, 0.3) is 0 Å². The number of nitrogens with one attached hydrogen (secondary N) is 1. The number of rotatable bonds is 2. The van der Waals surface area contributed by atoms with Crippen LogP contribution in [-0.4, -0.2) is 18.4 Å². The van der Waals surface area contributed by atoms with Crippen LogP contribution in [0.3, 0.4) is 0 Å². The predicted octanol–water partition coefficient (Wildman–Crippen LogP) is 1.72. The summed E-state index contributed by atoms with van der Waals surface area (Å²) in [5.74, 6) is 1.96. The van der Waals surface area contributed by atoms with Gasteiger partial charge in [0, 0.05) is 5.71 Å². The van der Waals surface area contributed by atoms with Gasteiger partial charge in [-0.3, -0.25) is 10.3 Å². The number of fused-ring (bicyclic) bond motifs is 1. The fourth-order valence-electron chi connectivity index (χ4n) is 2.01. The van der Waals surface area contributed by atoms with Gasteiger partial charge in [0.1, 0.15) is 11.9 Å². The van der Waals surface area contributed by atoms with Crippen molar-refractivity contribution in [1.29, 1.82) is 0 Å². The Morgan fingerprint density at radius 1 is 1.64 bits per heavy atom. The van der Waals surface area contributed by atoms with E-state index in [1.54, 1.807) is 0 Å². The fourth-order valence-corrected chi connectivity index (χ4v) is 2.25. The van der Waals surface area contributed by atoms with Crippen LogP contribution in [0, 0.1) is 11.8 Å². The summed E-state index contributed by atoms with van der Waals surface area (Å²) in [7, 11) is 2.34. The van der Waals surface area contributed by atoms with Gasteiger partial charge in [-0.15, -0.1) is 0 Å². The van der Waals surface area contributed by atoms with Crippen LogP contribution < -0.4 is 5.32 Å². The van der Waals surface area contributed by atoms with Gasteiger partial charge in [0.15, 0.2) is 0 Å². The van der Waals surface area contributed by atoms with Crippen molar-refractivity contribution in [1.82, 2.24) is 5.32 Å². The van der Waals surface area contributed by atoms with E-state index >= 15 is 0 Å². The Labute approximate surface area is 87.3 Å². The molecule has 0 spiro atoms. The topological polar surface area (TPSA) is 33.6 Å². The number of allylic oxidation sites excluding steroid dienone is 1. The van der Waals surface area contributed by atoms with Gasteiger partial charge in [-0.2, -0.15) is 0 Å². The summed E-state index contributed by atoms with van der Waals surface area (Å²) in [5.41, 5.74) is 1.14. The summed E-state index contributed by atoms with van der Waals surface area (Å²) < 4.78 is 5.34.